The van der Waals surface area contributed by atoms with E-state index in [1.165, 1.54) is 0 Å². The van der Waals surface area contributed by atoms with Gasteiger partial charge in [-0.3, -0.25) is 9.78 Å². The molecule has 0 atom stereocenters. The fraction of sp³-hybridized carbons (Fsp3) is 0.348. The average molecular weight is 435 g/mol. The molecule has 166 valence electrons. The summed E-state index contributed by atoms with van der Waals surface area (Å²) in [6.45, 7) is 3.77. The largest absolute Gasteiger partial charge is 0.352 e. The third kappa shape index (κ3) is 5.11. The standard InChI is InChI=1S/C23H26N6O3/c1-2-11-25-21(30)17-6-5-7-18(15-17)26-23(31)29-13-9-16(10-14-29)22-27-20(28-32-22)19-8-3-4-12-24-19/h3-8,12,15-16H,2,9-11,13-14H2,1H3,(H,25,30)(H,26,31). The van der Waals surface area contributed by atoms with Crippen LogP contribution in [0, 0.1) is 0 Å². The van der Waals surface area contributed by atoms with Crippen LogP contribution in [0.3, 0.4) is 0 Å². The molecule has 32 heavy (non-hydrogen) atoms. The fourth-order valence-corrected chi connectivity index (χ4v) is 3.61. The van der Waals surface area contributed by atoms with Crippen molar-refractivity contribution >= 4 is 17.6 Å². The molecule has 2 N–H and O–H groups in total. The molecular weight excluding hydrogens is 408 g/mol. The third-order valence-electron chi connectivity index (χ3n) is 5.38. The zero-order valence-corrected chi connectivity index (χ0v) is 18.0. The molecule has 3 aromatic rings. The van der Waals surface area contributed by atoms with Gasteiger partial charge in [-0.1, -0.05) is 24.2 Å². The number of nitrogens with zero attached hydrogens (tertiary/aromatic N) is 4. The van der Waals surface area contributed by atoms with Gasteiger partial charge in [-0.2, -0.15) is 4.98 Å². The topological polar surface area (TPSA) is 113 Å². The normalized spacial score (nSPS) is 14.2. The molecule has 0 bridgehead atoms. The molecule has 0 unspecified atom stereocenters. The molecule has 3 heterocycles. The van der Waals surface area contributed by atoms with Crippen LogP contribution in [-0.4, -0.2) is 51.6 Å². The Bertz CT molecular complexity index is 1060. The molecule has 9 heteroatoms. The molecule has 0 aliphatic carbocycles. The number of rotatable bonds is 6. The first-order chi connectivity index (χ1) is 15.6. The Balaban J connectivity index is 1.31. The van der Waals surface area contributed by atoms with E-state index in [0.29, 0.717) is 48.3 Å². The Hall–Kier alpha value is -3.75. The summed E-state index contributed by atoms with van der Waals surface area (Å²) < 4.78 is 5.46. The lowest BCUT2D eigenvalue weighted by molar-refractivity contribution is 0.0953. The number of carbonyl (C=O) groups is 2. The van der Waals surface area contributed by atoms with Crippen molar-refractivity contribution in [1.29, 1.82) is 0 Å². The Kier molecular flexibility index (Phi) is 6.74. The number of hydrogen-bond acceptors (Lipinski definition) is 6. The van der Waals surface area contributed by atoms with Crippen LogP contribution >= 0.6 is 0 Å². The van der Waals surface area contributed by atoms with E-state index < -0.39 is 0 Å². The quantitative estimate of drug-likeness (QED) is 0.612. The number of aromatic nitrogens is 3. The molecule has 0 spiro atoms. The number of anilines is 1. The van der Waals surface area contributed by atoms with Crippen molar-refractivity contribution in [3.05, 3.63) is 60.1 Å². The lowest BCUT2D eigenvalue weighted by Crippen LogP contribution is -2.40. The number of urea groups is 1. The molecule has 0 radical (unpaired) electrons. The van der Waals surface area contributed by atoms with Crippen LogP contribution in [0.25, 0.3) is 11.5 Å². The Labute approximate surface area is 186 Å². The second kappa shape index (κ2) is 10.0. The molecule has 1 aliphatic heterocycles. The minimum absolute atomic E-state index is 0.106. The van der Waals surface area contributed by atoms with Crippen LogP contribution in [0.5, 0.6) is 0 Å². The van der Waals surface area contributed by atoms with Gasteiger partial charge < -0.3 is 20.1 Å². The molecule has 0 saturated carbocycles. The highest BCUT2D eigenvalue weighted by molar-refractivity contribution is 5.96. The van der Waals surface area contributed by atoms with Gasteiger partial charge >= 0.3 is 6.03 Å². The van der Waals surface area contributed by atoms with Crippen molar-refractivity contribution in [2.75, 3.05) is 25.0 Å². The molecular formula is C23H26N6O3. The zero-order valence-electron chi connectivity index (χ0n) is 18.0. The van der Waals surface area contributed by atoms with E-state index in [2.05, 4.69) is 25.8 Å². The SMILES string of the molecule is CCCNC(=O)c1cccc(NC(=O)N2CCC(c3nc(-c4ccccn4)no3)CC2)c1. The minimum Gasteiger partial charge on any atom is -0.352 e. The van der Waals surface area contributed by atoms with Gasteiger partial charge in [0.15, 0.2) is 0 Å². The van der Waals surface area contributed by atoms with Gasteiger partial charge in [0, 0.05) is 43.0 Å². The van der Waals surface area contributed by atoms with E-state index in [-0.39, 0.29) is 17.9 Å². The number of carbonyl (C=O) groups excluding carboxylic acids is 2. The van der Waals surface area contributed by atoms with Crippen molar-refractivity contribution in [2.45, 2.75) is 32.1 Å². The summed E-state index contributed by atoms with van der Waals surface area (Å²) in [7, 11) is 0. The number of likely N-dealkylation sites (tertiary alicyclic amines) is 1. The predicted octanol–water partition coefficient (Wildman–Crippen LogP) is 3.68. The summed E-state index contributed by atoms with van der Waals surface area (Å²) in [5.74, 6) is 1.02. The second-order valence-electron chi connectivity index (χ2n) is 7.70. The highest BCUT2D eigenvalue weighted by Crippen LogP contribution is 2.28. The third-order valence-corrected chi connectivity index (χ3v) is 5.38. The summed E-state index contributed by atoms with van der Waals surface area (Å²) >= 11 is 0. The van der Waals surface area contributed by atoms with Crippen molar-refractivity contribution in [1.82, 2.24) is 25.3 Å². The van der Waals surface area contributed by atoms with E-state index >= 15 is 0 Å². The van der Waals surface area contributed by atoms with Crippen LogP contribution in [-0.2, 0) is 0 Å². The molecule has 4 rings (SSSR count). The highest BCUT2D eigenvalue weighted by Gasteiger charge is 2.28. The maximum absolute atomic E-state index is 12.7. The molecule has 3 amide bonds. The molecule has 1 aliphatic rings. The maximum atomic E-state index is 12.7. The van der Waals surface area contributed by atoms with Crippen LogP contribution in [0.2, 0.25) is 0 Å². The molecule has 2 aromatic heterocycles. The van der Waals surface area contributed by atoms with Crippen molar-refractivity contribution in [3.8, 4) is 11.5 Å². The van der Waals surface area contributed by atoms with Gasteiger partial charge in [-0.15, -0.1) is 0 Å². The highest BCUT2D eigenvalue weighted by atomic mass is 16.5. The molecule has 9 nitrogen and oxygen atoms in total. The van der Waals surface area contributed by atoms with Gasteiger partial charge in [0.05, 0.1) is 0 Å². The first-order valence-electron chi connectivity index (χ1n) is 10.8. The molecule has 1 aromatic carbocycles. The lowest BCUT2D eigenvalue weighted by Gasteiger charge is -2.30. The average Bonchev–Trinajstić information content (AvgIpc) is 3.34. The number of amides is 3. The van der Waals surface area contributed by atoms with Crippen LogP contribution < -0.4 is 10.6 Å². The number of pyridine rings is 1. The van der Waals surface area contributed by atoms with Gasteiger partial charge in [0.25, 0.3) is 5.91 Å². The summed E-state index contributed by atoms with van der Waals surface area (Å²) in [5.41, 5.74) is 1.79. The van der Waals surface area contributed by atoms with Gasteiger partial charge in [-0.25, -0.2) is 4.79 Å². The van der Waals surface area contributed by atoms with E-state index in [0.717, 1.165) is 19.3 Å². The Morgan fingerprint density at radius 3 is 2.75 bits per heavy atom. The predicted molar refractivity (Wildman–Crippen MR) is 119 cm³/mol. The van der Waals surface area contributed by atoms with E-state index in [4.69, 9.17) is 4.52 Å². The summed E-state index contributed by atoms with van der Waals surface area (Å²) in [5, 5.41) is 9.77. The Morgan fingerprint density at radius 1 is 1.16 bits per heavy atom. The second-order valence-corrected chi connectivity index (χ2v) is 7.70. The van der Waals surface area contributed by atoms with Crippen molar-refractivity contribution in [2.24, 2.45) is 0 Å². The van der Waals surface area contributed by atoms with E-state index in [1.807, 2.05) is 25.1 Å². The first-order valence-corrected chi connectivity index (χ1v) is 10.8. The molecule has 1 fully saturated rings. The Morgan fingerprint density at radius 2 is 2.00 bits per heavy atom. The van der Waals surface area contributed by atoms with Crippen LogP contribution in [0.1, 0.15) is 48.4 Å². The molecule has 1 saturated heterocycles. The summed E-state index contributed by atoms with van der Waals surface area (Å²) in [4.78, 5) is 35.4. The van der Waals surface area contributed by atoms with Crippen molar-refractivity contribution < 1.29 is 14.1 Å². The smallest absolute Gasteiger partial charge is 0.321 e. The number of piperidine rings is 1. The fourth-order valence-electron chi connectivity index (χ4n) is 3.61. The first kappa shape index (κ1) is 21.5. The van der Waals surface area contributed by atoms with Gasteiger partial charge in [0.2, 0.25) is 11.7 Å². The van der Waals surface area contributed by atoms with E-state index in [1.54, 1.807) is 35.4 Å². The zero-order chi connectivity index (χ0) is 22.3. The monoisotopic (exact) mass is 434 g/mol. The van der Waals surface area contributed by atoms with Gasteiger partial charge in [-0.05, 0) is 49.6 Å². The van der Waals surface area contributed by atoms with Crippen LogP contribution in [0.4, 0.5) is 10.5 Å². The maximum Gasteiger partial charge on any atom is 0.321 e. The minimum atomic E-state index is -0.186. The number of hydrogen-bond donors (Lipinski definition) is 2. The van der Waals surface area contributed by atoms with Crippen LogP contribution in [0.15, 0.2) is 53.2 Å². The number of benzene rings is 1. The lowest BCUT2D eigenvalue weighted by atomic mass is 9.97. The number of nitrogens with one attached hydrogen (secondary N) is 2. The summed E-state index contributed by atoms with van der Waals surface area (Å²) in [6.07, 6.45) is 4.02. The summed E-state index contributed by atoms with van der Waals surface area (Å²) in [6, 6.07) is 12.3. The van der Waals surface area contributed by atoms with Crippen molar-refractivity contribution in [3.63, 3.8) is 0 Å². The van der Waals surface area contributed by atoms with E-state index in [9.17, 15) is 9.59 Å². The van der Waals surface area contributed by atoms with Gasteiger partial charge in [0.1, 0.15) is 5.69 Å².